The maximum absolute atomic E-state index is 6.01. The molecule has 4 rings (SSSR count). The molecule has 1 aliphatic rings. The van der Waals surface area contributed by atoms with Gasteiger partial charge in [-0.05, 0) is 55.8 Å². The molecule has 1 aromatic carbocycles. The Labute approximate surface area is 182 Å². The molecule has 6 nitrogen and oxygen atoms in total. The van der Waals surface area contributed by atoms with Crippen LogP contribution < -0.4 is 10.6 Å². The number of benzene rings is 1. The van der Waals surface area contributed by atoms with Gasteiger partial charge in [0.1, 0.15) is 5.82 Å². The fourth-order valence-corrected chi connectivity index (χ4v) is 4.04. The van der Waals surface area contributed by atoms with E-state index in [0.29, 0.717) is 11.7 Å². The quantitative estimate of drug-likeness (QED) is 0.663. The van der Waals surface area contributed by atoms with Gasteiger partial charge in [0, 0.05) is 55.1 Å². The van der Waals surface area contributed by atoms with Gasteiger partial charge in [-0.2, -0.15) is 0 Å². The van der Waals surface area contributed by atoms with Gasteiger partial charge in [-0.25, -0.2) is 15.0 Å². The number of nitrogens with zero attached hydrogens (tertiary/aromatic N) is 5. The maximum Gasteiger partial charge on any atom is 0.225 e. The smallest absolute Gasteiger partial charge is 0.225 e. The second-order valence-corrected chi connectivity index (χ2v) is 8.45. The van der Waals surface area contributed by atoms with Crippen LogP contribution in [0.15, 0.2) is 48.8 Å². The maximum atomic E-state index is 6.01. The van der Waals surface area contributed by atoms with E-state index in [9.17, 15) is 0 Å². The van der Waals surface area contributed by atoms with E-state index in [0.717, 1.165) is 60.3 Å². The molecular formula is C23H27ClN6. The zero-order valence-electron chi connectivity index (χ0n) is 17.4. The van der Waals surface area contributed by atoms with E-state index in [4.69, 9.17) is 22.3 Å². The van der Waals surface area contributed by atoms with Crippen LogP contribution in [0.4, 0.5) is 11.8 Å². The highest BCUT2D eigenvalue weighted by atomic mass is 35.5. The molecule has 1 saturated heterocycles. The molecule has 0 aliphatic carbocycles. The molecule has 2 aromatic heterocycles. The molecule has 0 spiro atoms. The van der Waals surface area contributed by atoms with Crippen molar-refractivity contribution >= 4 is 23.4 Å². The number of hydrogen-bond acceptors (Lipinski definition) is 6. The second kappa shape index (κ2) is 8.98. The van der Waals surface area contributed by atoms with Crippen molar-refractivity contribution in [2.24, 2.45) is 0 Å². The first-order chi connectivity index (χ1) is 14.5. The first-order valence-corrected chi connectivity index (χ1v) is 10.6. The molecule has 156 valence electrons. The lowest BCUT2D eigenvalue weighted by Gasteiger charge is -2.32. The summed E-state index contributed by atoms with van der Waals surface area (Å²) < 4.78 is 0. The highest BCUT2D eigenvalue weighted by Crippen LogP contribution is 2.35. The van der Waals surface area contributed by atoms with Crippen molar-refractivity contribution in [1.29, 1.82) is 0 Å². The zero-order valence-corrected chi connectivity index (χ0v) is 18.2. The van der Waals surface area contributed by atoms with Gasteiger partial charge in [-0.3, -0.25) is 4.90 Å². The molecule has 0 atom stereocenters. The summed E-state index contributed by atoms with van der Waals surface area (Å²) in [6, 6.07) is 12.0. The van der Waals surface area contributed by atoms with Gasteiger partial charge in [-0.1, -0.05) is 23.7 Å². The van der Waals surface area contributed by atoms with Crippen molar-refractivity contribution in [2.75, 3.05) is 37.8 Å². The van der Waals surface area contributed by atoms with Gasteiger partial charge >= 0.3 is 0 Å². The van der Waals surface area contributed by atoms with E-state index >= 15 is 0 Å². The van der Waals surface area contributed by atoms with Gasteiger partial charge in [0.2, 0.25) is 5.95 Å². The van der Waals surface area contributed by atoms with Gasteiger partial charge in [0.25, 0.3) is 0 Å². The van der Waals surface area contributed by atoms with E-state index in [1.165, 1.54) is 5.56 Å². The predicted molar refractivity (Wildman–Crippen MR) is 123 cm³/mol. The zero-order chi connectivity index (χ0) is 21.1. The molecule has 1 aliphatic heterocycles. The van der Waals surface area contributed by atoms with Crippen LogP contribution in [0, 0.1) is 0 Å². The van der Waals surface area contributed by atoms with Crippen LogP contribution in [0.3, 0.4) is 0 Å². The second-order valence-electron chi connectivity index (χ2n) is 8.01. The summed E-state index contributed by atoms with van der Waals surface area (Å²) in [5.41, 5.74) is 10.2. The van der Waals surface area contributed by atoms with Crippen LogP contribution in [0.1, 0.15) is 30.0 Å². The SMILES string of the molecule is CN(C)c1ncc(-c2ccc(N)nc2)c(C2CCN(Cc3ccc(Cl)cc3)CC2)n1. The van der Waals surface area contributed by atoms with E-state index in [-0.39, 0.29) is 0 Å². The van der Waals surface area contributed by atoms with E-state index in [2.05, 4.69) is 27.0 Å². The van der Waals surface area contributed by atoms with E-state index in [1.54, 1.807) is 0 Å². The standard InChI is InChI=1S/C23H27ClN6/c1-29(2)23-27-14-20(18-5-8-21(25)26-13-18)22(28-23)17-9-11-30(12-10-17)15-16-3-6-19(24)7-4-16/h3-8,13-14,17H,9-12,15H2,1-2H3,(H2,25,26). The average molecular weight is 423 g/mol. The number of pyridine rings is 1. The number of halogens is 1. The highest BCUT2D eigenvalue weighted by molar-refractivity contribution is 6.30. The van der Waals surface area contributed by atoms with Gasteiger partial charge in [-0.15, -0.1) is 0 Å². The van der Waals surface area contributed by atoms with Crippen LogP contribution in [0.5, 0.6) is 0 Å². The molecule has 3 heterocycles. The summed E-state index contributed by atoms with van der Waals surface area (Å²) in [4.78, 5) is 18.2. The number of rotatable bonds is 5. The summed E-state index contributed by atoms with van der Waals surface area (Å²) in [7, 11) is 3.94. The Morgan fingerprint density at radius 2 is 1.77 bits per heavy atom. The number of aromatic nitrogens is 3. The first-order valence-electron chi connectivity index (χ1n) is 10.2. The normalized spacial score (nSPS) is 15.3. The fraction of sp³-hybridized carbons (Fsp3) is 0.348. The third-order valence-electron chi connectivity index (χ3n) is 5.60. The third kappa shape index (κ3) is 4.71. The molecule has 3 aromatic rings. The summed E-state index contributed by atoms with van der Waals surface area (Å²) in [6.45, 7) is 3.02. The Hall–Kier alpha value is -2.70. The molecule has 2 N–H and O–H groups in total. The number of hydrogen-bond donors (Lipinski definition) is 1. The molecule has 7 heteroatoms. The predicted octanol–water partition coefficient (Wildman–Crippen LogP) is 4.22. The van der Waals surface area contributed by atoms with Crippen molar-refractivity contribution in [3.05, 3.63) is 65.1 Å². The third-order valence-corrected chi connectivity index (χ3v) is 5.85. The number of anilines is 2. The van der Waals surface area contributed by atoms with Crippen molar-refractivity contribution < 1.29 is 0 Å². The molecule has 1 fully saturated rings. The molecule has 0 radical (unpaired) electrons. The molecule has 0 saturated carbocycles. The Balaban J connectivity index is 1.53. The van der Waals surface area contributed by atoms with Crippen molar-refractivity contribution in [3.8, 4) is 11.1 Å². The number of nitrogens with two attached hydrogens (primary N) is 1. The van der Waals surface area contributed by atoms with Crippen LogP contribution in [-0.2, 0) is 6.54 Å². The Morgan fingerprint density at radius 3 is 2.40 bits per heavy atom. The van der Waals surface area contributed by atoms with Crippen LogP contribution in [-0.4, -0.2) is 47.0 Å². The molecule has 0 bridgehead atoms. The van der Waals surface area contributed by atoms with Crippen molar-refractivity contribution in [1.82, 2.24) is 19.9 Å². The van der Waals surface area contributed by atoms with Gasteiger partial charge in [0.15, 0.2) is 0 Å². The largest absolute Gasteiger partial charge is 0.384 e. The minimum absolute atomic E-state index is 0.390. The monoisotopic (exact) mass is 422 g/mol. The number of nitrogen functional groups attached to an aromatic ring is 1. The molecule has 0 unspecified atom stereocenters. The fourth-order valence-electron chi connectivity index (χ4n) is 3.91. The minimum atomic E-state index is 0.390. The van der Waals surface area contributed by atoms with Gasteiger partial charge in [0.05, 0.1) is 5.69 Å². The van der Waals surface area contributed by atoms with Gasteiger partial charge < -0.3 is 10.6 Å². The lowest BCUT2D eigenvalue weighted by Crippen LogP contribution is -2.33. The Bertz CT molecular complexity index is 980. The average Bonchev–Trinajstić information content (AvgIpc) is 2.76. The van der Waals surface area contributed by atoms with Crippen LogP contribution >= 0.6 is 11.6 Å². The van der Waals surface area contributed by atoms with E-state index in [1.807, 2.05) is 55.7 Å². The van der Waals surface area contributed by atoms with Crippen molar-refractivity contribution in [2.45, 2.75) is 25.3 Å². The highest BCUT2D eigenvalue weighted by Gasteiger charge is 2.25. The summed E-state index contributed by atoms with van der Waals surface area (Å²) in [6.07, 6.45) is 5.85. The number of piperidine rings is 1. The first kappa shape index (κ1) is 20.6. The molecular weight excluding hydrogens is 396 g/mol. The summed E-state index contributed by atoms with van der Waals surface area (Å²) >= 11 is 6.01. The Morgan fingerprint density at radius 1 is 1.03 bits per heavy atom. The molecule has 30 heavy (non-hydrogen) atoms. The van der Waals surface area contributed by atoms with E-state index < -0.39 is 0 Å². The minimum Gasteiger partial charge on any atom is -0.384 e. The van der Waals surface area contributed by atoms with Crippen LogP contribution in [0.25, 0.3) is 11.1 Å². The lowest BCUT2D eigenvalue weighted by molar-refractivity contribution is 0.203. The summed E-state index contributed by atoms with van der Waals surface area (Å²) in [5.74, 6) is 1.64. The molecule has 0 amide bonds. The summed E-state index contributed by atoms with van der Waals surface area (Å²) in [5, 5.41) is 0.780. The topological polar surface area (TPSA) is 71.2 Å². The Kier molecular flexibility index (Phi) is 6.16. The lowest BCUT2D eigenvalue weighted by atomic mass is 9.89. The van der Waals surface area contributed by atoms with Crippen LogP contribution in [0.2, 0.25) is 5.02 Å². The van der Waals surface area contributed by atoms with Crippen molar-refractivity contribution in [3.63, 3.8) is 0 Å². The number of likely N-dealkylation sites (tertiary alicyclic amines) is 1.